The minimum absolute atomic E-state index is 0.0585. The number of hydrogen-bond acceptors (Lipinski definition) is 4. The van der Waals surface area contributed by atoms with E-state index in [-0.39, 0.29) is 12.4 Å². The average molecular weight is 166 g/mol. The molecule has 2 aliphatic rings. The molecule has 0 fully saturated rings. The number of hydroxylamine groups is 2. The number of rotatable bonds is 0. The van der Waals surface area contributed by atoms with E-state index < -0.39 is 5.91 Å². The summed E-state index contributed by atoms with van der Waals surface area (Å²) in [6.45, 7) is -0.0585. The van der Waals surface area contributed by atoms with Gasteiger partial charge in [0, 0.05) is 6.20 Å². The lowest BCUT2D eigenvalue weighted by molar-refractivity contribution is -0.122. The van der Waals surface area contributed by atoms with Crippen LogP contribution in [0, 0.1) is 0 Å². The average Bonchev–Trinajstić information content (AvgIpc) is 2.07. The molecule has 0 aliphatic carbocycles. The molecule has 12 heavy (non-hydrogen) atoms. The van der Waals surface area contributed by atoms with E-state index in [9.17, 15) is 4.79 Å². The summed E-state index contributed by atoms with van der Waals surface area (Å²) in [5.41, 5.74) is 0. The Morgan fingerprint density at radius 2 is 2.50 bits per heavy atom. The third-order valence-corrected chi connectivity index (χ3v) is 1.49. The lowest BCUT2D eigenvalue weighted by Gasteiger charge is -2.22. The molecule has 2 aliphatic heterocycles. The molecule has 0 atom stereocenters. The van der Waals surface area contributed by atoms with Gasteiger partial charge in [0.25, 0.3) is 5.91 Å². The van der Waals surface area contributed by atoms with Gasteiger partial charge >= 0.3 is 0 Å². The smallest absolute Gasteiger partial charge is 0.285 e. The Labute approximate surface area is 68.2 Å². The number of ether oxygens (including phenoxy) is 1. The second-order valence-corrected chi connectivity index (χ2v) is 2.33. The largest absolute Gasteiger partial charge is 0.480 e. The molecular formula is C7H6N2O3. The predicted molar refractivity (Wildman–Crippen MR) is 39.2 cm³/mol. The topological polar surface area (TPSA) is 62.1 Å². The summed E-state index contributed by atoms with van der Waals surface area (Å²) in [4.78, 5) is 14.4. The van der Waals surface area contributed by atoms with E-state index in [2.05, 4.69) is 4.99 Å². The van der Waals surface area contributed by atoms with Crippen LogP contribution in [-0.4, -0.2) is 28.6 Å². The van der Waals surface area contributed by atoms with Crippen molar-refractivity contribution in [2.45, 2.75) is 0 Å². The highest BCUT2D eigenvalue weighted by Crippen LogP contribution is 2.14. The minimum Gasteiger partial charge on any atom is -0.480 e. The van der Waals surface area contributed by atoms with Crippen LogP contribution in [0.4, 0.5) is 0 Å². The number of allylic oxidation sites excluding steroid dienone is 2. The number of aliphatic imine (C=N–C) groups is 1. The van der Waals surface area contributed by atoms with E-state index in [1.165, 1.54) is 6.20 Å². The van der Waals surface area contributed by atoms with Crippen molar-refractivity contribution in [1.29, 1.82) is 0 Å². The predicted octanol–water partition coefficient (Wildman–Crippen LogP) is 0.0441. The van der Waals surface area contributed by atoms with Crippen LogP contribution < -0.4 is 0 Å². The first-order valence-corrected chi connectivity index (χ1v) is 3.38. The zero-order valence-electron chi connectivity index (χ0n) is 6.10. The molecular weight excluding hydrogens is 160 g/mol. The van der Waals surface area contributed by atoms with Gasteiger partial charge in [-0.2, -0.15) is 4.99 Å². The van der Waals surface area contributed by atoms with Crippen molar-refractivity contribution in [2.24, 2.45) is 4.99 Å². The van der Waals surface area contributed by atoms with Crippen LogP contribution in [0.3, 0.4) is 0 Å². The van der Waals surface area contributed by atoms with E-state index in [0.29, 0.717) is 5.76 Å². The molecule has 2 heterocycles. The van der Waals surface area contributed by atoms with Gasteiger partial charge in [-0.1, -0.05) is 0 Å². The fourth-order valence-corrected chi connectivity index (χ4v) is 0.979. The highest BCUT2D eigenvalue weighted by molar-refractivity contribution is 6.06. The molecule has 0 unspecified atom stereocenters. The summed E-state index contributed by atoms with van der Waals surface area (Å²) in [5.74, 6) is 0.171. The van der Waals surface area contributed by atoms with Crippen molar-refractivity contribution < 1.29 is 14.7 Å². The molecule has 0 radical (unpaired) electrons. The molecule has 1 amide bonds. The van der Waals surface area contributed by atoms with Crippen molar-refractivity contribution >= 4 is 11.7 Å². The standard InChI is InChI=1S/C7H6N2O3/c10-6-4-12-5-2-1-3-9(11)7(5)8-6/h1-3,11H,4H2. The summed E-state index contributed by atoms with van der Waals surface area (Å²) < 4.78 is 4.99. The van der Waals surface area contributed by atoms with Crippen LogP contribution >= 0.6 is 0 Å². The Hall–Kier alpha value is -1.62. The van der Waals surface area contributed by atoms with Crippen molar-refractivity contribution in [2.75, 3.05) is 6.61 Å². The van der Waals surface area contributed by atoms with Crippen LogP contribution in [-0.2, 0) is 9.53 Å². The third-order valence-electron chi connectivity index (χ3n) is 1.49. The van der Waals surface area contributed by atoms with Crippen molar-refractivity contribution in [3.63, 3.8) is 0 Å². The van der Waals surface area contributed by atoms with Gasteiger partial charge in [0.05, 0.1) is 0 Å². The van der Waals surface area contributed by atoms with Gasteiger partial charge < -0.3 is 4.74 Å². The summed E-state index contributed by atoms with van der Waals surface area (Å²) in [6, 6.07) is 0. The van der Waals surface area contributed by atoms with Crippen molar-refractivity contribution in [1.82, 2.24) is 5.06 Å². The molecule has 0 saturated heterocycles. The van der Waals surface area contributed by atoms with Crippen LogP contribution in [0.1, 0.15) is 0 Å². The Balaban J connectivity index is 2.41. The molecule has 62 valence electrons. The zero-order chi connectivity index (χ0) is 8.55. The number of carbonyl (C=O) groups is 1. The molecule has 0 aromatic carbocycles. The van der Waals surface area contributed by atoms with Crippen molar-refractivity contribution in [3.05, 3.63) is 24.1 Å². The SMILES string of the molecule is O=C1COC2=CC=CN(O)C2=N1. The maximum Gasteiger partial charge on any atom is 0.285 e. The number of carbonyl (C=O) groups excluding carboxylic acids is 1. The summed E-state index contributed by atoms with van der Waals surface area (Å²) >= 11 is 0. The Morgan fingerprint density at radius 1 is 1.67 bits per heavy atom. The molecule has 0 spiro atoms. The third kappa shape index (κ3) is 0.998. The summed E-state index contributed by atoms with van der Waals surface area (Å²) in [6.07, 6.45) is 4.62. The molecule has 1 N–H and O–H groups in total. The molecule has 0 bridgehead atoms. The van der Waals surface area contributed by atoms with E-state index in [1.54, 1.807) is 12.2 Å². The normalized spacial score (nSPS) is 21.1. The highest BCUT2D eigenvalue weighted by Gasteiger charge is 2.23. The summed E-state index contributed by atoms with van der Waals surface area (Å²) in [5, 5.41) is 9.92. The number of amides is 1. The van der Waals surface area contributed by atoms with Gasteiger partial charge in [0.1, 0.15) is 0 Å². The monoisotopic (exact) mass is 166 g/mol. The number of amidine groups is 1. The van der Waals surface area contributed by atoms with Crippen LogP contribution in [0.5, 0.6) is 0 Å². The molecule has 0 aromatic rings. The van der Waals surface area contributed by atoms with Gasteiger partial charge in [-0.25, -0.2) is 5.06 Å². The van der Waals surface area contributed by atoms with E-state index >= 15 is 0 Å². The Morgan fingerprint density at radius 3 is 3.33 bits per heavy atom. The van der Waals surface area contributed by atoms with Gasteiger partial charge in [0.2, 0.25) is 5.84 Å². The molecule has 5 heteroatoms. The van der Waals surface area contributed by atoms with E-state index in [4.69, 9.17) is 9.94 Å². The zero-order valence-corrected chi connectivity index (χ0v) is 6.10. The molecule has 0 aromatic heterocycles. The molecule has 0 saturated carbocycles. The van der Waals surface area contributed by atoms with E-state index in [1.807, 2.05) is 0 Å². The first-order chi connectivity index (χ1) is 5.77. The van der Waals surface area contributed by atoms with Gasteiger partial charge in [0.15, 0.2) is 12.4 Å². The Bertz CT molecular complexity index is 317. The minimum atomic E-state index is -0.392. The maximum atomic E-state index is 10.8. The highest BCUT2D eigenvalue weighted by atomic mass is 16.5. The maximum absolute atomic E-state index is 10.8. The Kier molecular flexibility index (Phi) is 1.44. The second kappa shape index (κ2) is 2.46. The van der Waals surface area contributed by atoms with Crippen LogP contribution in [0.15, 0.2) is 29.1 Å². The molecule has 5 nitrogen and oxygen atoms in total. The van der Waals surface area contributed by atoms with E-state index in [0.717, 1.165) is 5.06 Å². The van der Waals surface area contributed by atoms with Crippen molar-refractivity contribution in [3.8, 4) is 0 Å². The van der Waals surface area contributed by atoms with Crippen LogP contribution in [0.2, 0.25) is 0 Å². The number of fused-ring (bicyclic) bond motifs is 1. The summed E-state index contributed by atoms with van der Waals surface area (Å²) in [7, 11) is 0. The second-order valence-electron chi connectivity index (χ2n) is 2.33. The number of nitrogens with zero attached hydrogens (tertiary/aromatic N) is 2. The quantitative estimate of drug-likeness (QED) is 0.552. The lowest BCUT2D eigenvalue weighted by Crippen LogP contribution is -2.32. The van der Waals surface area contributed by atoms with Gasteiger partial charge in [-0.05, 0) is 12.2 Å². The molecule has 2 rings (SSSR count). The number of hydrogen-bond donors (Lipinski definition) is 1. The first-order valence-electron chi connectivity index (χ1n) is 3.38. The lowest BCUT2D eigenvalue weighted by atomic mass is 10.3. The van der Waals surface area contributed by atoms with Crippen LogP contribution in [0.25, 0.3) is 0 Å². The fourth-order valence-electron chi connectivity index (χ4n) is 0.979. The fraction of sp³-hybridized carbons (Fsp3) is 0.143. The van der Waals surface area contributed by atoms with Gasteiger partial charge in [-0.15, -0.1) is 0 Å². The van der Waals surface area contributed by atoms with Gasteiger partial charge in [-0.3, -0.25) is 10.0 Å². The first kappa shape index (κ1) is 7.05.